The minimum atomic E-state index is 0.170. The summed E-state index contributed by atoms with van der Waals surface area (Å²) in [6.45, 7) is 5.59. The minimum Gasteiger partial charge on any atom is -0.329 e. The highest BCUT2D eigenvalue weighted by molar-refractivity contribution is 5.05. The summed E-state index contributed by atoms with van der Waals surface area (Å²) in [4.78, 5) is 0. The first-order chi connectivity index (χ1) is 6.29. The lowest BCUT2D eigenvalue weighted by Gasteiger charge is -2.32. The average molecular weight is 180 g/mol. The van der Waals surface area contributed by atoms with Gasteiger partial charge >= 0.3 is 0 Å². The van der Waals surface area contributed by atoms with Crippen LogP contribution in [-0.4, -0.2) is 18.6 Å². The first-order valence-corrected chi connectivity index (χ1v) is 5.13. The molecule has 1 rings (SSSR count). The molecule has 0 heterocycles. The van der Waals surface area contributed by atoms with E-state index in [2.05, 4.69) is 24.1 Å². The fraction of sp³-hybridized carbons (Fsp3) is 0.818. The van der Waals surface area contributed by atoms with E-state index >= 15 is 0 Å². The van der Waals surface area contributed by atoms with Crippen molar-refractivity contribution < 1.29 is 0 Å². The maximum atomic E-state index is 5.83. The molecule has 0 spiro atoms. The second-order valence-electron chi connectivity index (χ2n) is 3.77. The molecule has 0 radical (unpaired) electrons. The van der Waals surface area contributed by atoms with Gasteiger partial charge in [0.15, 0.2) is 0 Å². The second-order valence-corrected chi connectivity index (χ2v) is 3.77. The van der Waals surface area contributed by atoms with Gasteiger partial charge in [0.25, 0.3) is 0 Å². The van der Waals surface area contributed by atoms with Crippen molar-refractivity contribution in [2.24, 2.45) is 11.7 Å². The highest BCUT2D eigenvalue weighted by Gasteiger charge is 2.42. The zero-order chi connectivity index (χ0) is 9.73. The summed E-state index contributed by atoms with van der Waals surface area (Å²) in [7, 11) is 0. The number of rotatable bonds is 5. The van der Waals surface area contributed by atoms with E-state index < -0.39 is 0 Å². The fourth-order valence-corrected chi connectivity index (χ4v) is 1.89. The molecule has 1 unspecified atom stereocenters. The minimum absolute atomic E-state index is 0.170. The molecule has 13 heavy (non-hydrogen) atoms. The van der Waals surface area contributed by atoms with Gasteiger partial charge in [-0.15, -0.1) is 5.92 Å². The predicted octanol–water partition coefficient (Wildman–Crippen LogP) is 1.12. The molecule has 2 nitrogen and oxygen atoms in total. The molecule has 1 atom stereocenters. The van der Waals surface area contributed by atoms with Crippen LogP contribution < -0.4 is 11.1 Å². The molecule has 0 amide bonds. The average Bonchev–Trinajstić information content (AvgIpc) is 2.97. The highest BCUT2D eigenvalue weighted by Crippen LogP contribution is 2.40. The van der Waals surface area contributed by atoms with Crippen LogP contribution in [0.3, 0.4) is 0 Å². The van der Waals surface area contributed by atoms with Gasteiger partial charge in [0.1, 0.15) is 0 Å². The van der Waals surface area contributed by atoms with Crippen molar-refractivity contribution in [3.63, 3.8) is 0 Å². The van der Waals surface area contributed by atoms with Crippen LogP contribution in [0.4, 0.5) is 0 Å². The molecule has 0 aromatic carbocycles. The molecule has 1 fully saturated rings. The Morgan fingerprint density at radius 2 is 2.23 bits per heavy atom. The van der Waals surface area contributed by atoms with Crippen LogP contribution in [0.2, 0.25) is 0 Å². The molecule has 1 aliphatic rings. The van der Waals surface area contributed by atoms with Crippen molar-refractivity contribution in [3.8, 4) is 11.8 Å². The third kappa shape index (κ3) is 2.46. The van der Waals surface area contributed by atoms with Gasteiger partial charge in [-0.2, -0.15) is 0 Å². The van der Waals surface area contributed by atoms with Crippen molar-refractivity contribution in [3.05, 3.63) is 0 Å². The summed E-state index contributed by atoms with van der Waals surface area (Å²) in [5.41, 5.74) is 6.00. The van der Waals surface area contributed by atoms with Crippen molar-refractivity contribution in [1.82, 2.24) is 5.32 Å². The van der Waals surface area contributed by atoms with E-state index in [-0.39, 0.29) is 5.54 Å². The standard InChI is InChI=1S/C11H20N2/c1-3-5-8-13-11(4-2,9-12)10-6-7-10/h10,13H,4,6-9,12H2,1-2H3. The first kappa shape index (κ1) is 10.6. The van der Waals surface area contributed by atoms with Crippen LogP contribution in [0.5, 0.6) is 0 Å². The molecule has 1 aliphatic carbocycles. The number of hydrogen-bond acceptors (Lipinski definition) is 2. The summed E-state index contributed by atoms with van der Waals surface area (Å²) in [6.07, 6.45) is 3.77. The Hall–Kier alpha value is -0.520. The summed E-state index contributed by atoms with van der Waals surface area (Å²) in [6, 6.07) is 0. The number of hydrogen-bond donors (Lipinski definition) is 2. The molecule has 74 valence electrons. The van der Waals surface area contributed by atoms with Gasteiger partial charge in [-0.25, -0.2) is 0 Å². The van der Waals surface area contributed by atoms with Gasteiger partial charge in [-0.05, 0) is 32.1 Å². The summed E-state index contributed by atoms with van der Waals surface area (Å²) in [5, 5.41) is 3.50. The van der Waals surface area contributed by atoms with Crippen LogP contribution in [-0.2, 0) is 0 Å². The topological polar surface area (TPSA) is 38.0 Å². The van der Waals surface area contributed by atoms with Crippen molar-refractivity contribution in [2.45, 2.75) is 38.6 Å². The van der Waals surface area contributed by atoms with Crippen LogP contribution >= 0.6 is 0 Å². The van der Waals surface area contributed by atoms with E-state index in [4.69, 9.17) is 5.73 Å². The predicted molar refractivity (Wildman–Crippen MR) is 56.3 cm³/mol. The van der Waals surface area contributed by atoms with Gasteiger partial charge in [0.2, 0.25) is 0 Å². The van der Waals surface area contributed by atoms with Gasteiger partial charge in [0.05, 0.1) is 6.54 Å². The SMILES string of the molecule is CC#CCNC(CC)(CN)C1CC1. The van der Waals surface area contributed by atoms with E-state index in [1.165, 1.54) is 12.8 Å². The molecule has 0 aromatic heterocycles. The van der Waals surface area contributed by atoms with E-state index in [1.807, 2.05) is 6.92 Å². The Bertz CT molecular complexity index is 204. The van der Waals surface area contributed by atoms with Crippen molar-refractivity contribution in [2.75, 3.05) is 13.1 Å². The van der Waals surface area contributed by atoms with Gasteiger partial charge in [-0.3, -0.25) is 5.32 Å². The summed E-state index contributed by atoms with van der Waals surface area (Å²) < 4.78 is 0. The van der Waals surface area contributed by atoms with E-state index in [0.717, 1.165) is 25.4 Å². The molecular formula is C11H20N2. The van der Waals surface area contributed by atoms with Crippen LogP contribution in [0.25, 0.3) is 0 Å². The molecule has 0 aromatic rings. The molecule has 0 aliphatic heterocycles. The Morgan fingerprint density at radius 3 is 2.62 bits per heavy atom. The van der Waals surface area contributed by atoms with E-state index in [0.29, 0.717) is 0 Å². The normalized spacial score (nSPS) is 20.2. The third-order valence-corrected chi connectivity index (χ3v) is 3.06. The molecule has 0 bridgehead atoms. The Kier molecular flexibility index (Phi) is 3.77. The van der Waals surface area contributed by atoms with Crippen LogP contribution in [0, 0.1) is 17.8 Å². The van der Waals surface area contributed by atoms with Gasteiger partial charge in [0, 0.05) is 12.1 Å². The van der Waals surface area contributed by atoms with Gasteiger partial charge in [-0.1, -0.05) is 12.8 Å². The largest absolute Gasteiger partial charge is 0.329 e. The van der Waals surface area contributed by atoms with Crippen molar-refractivity contribution >= 4 is 0 Å². The van der Waals surface area contributed by atoms with Crippen LogP contribution in [0.1, 0.15) is 33.1 Å². The lowest BCUT2D eigenvalue weighted by molar-refractivity contribution is 0.292. The first-order valence-electron chi connectivity index (χ1n) is 5.13. The smallest absolute Gasteiger partial charge is 0.0581 e. The molecule has 0 saturated heterocycles. The maximum Gasteiger partial charge on any atom is 0.0581 e. The second kappa shape index (κ2) is 4.64. The zero-order valence-electron chi connectivity index (χ0n) is 8.69. The molecule has 3 N–H and O–H groups in total. The zero-order valence-corrected chi connectivity index (χ0v) is 8.69. The van der Waals surface area contributed by atoms with Crippen LogP contribution in [0.15, 0.2) is 0 Å². The van der Waals surface area contributed by atoms with E-state index in [9.17, 15) is 0 Å². The summed E-state index contributed by atoms with van der Waals surface area (Å²) in [5.74, 6) is 6.73. The highest BCUT2D eigenvalue weighted by atomic mass is 15.0. The number of nitrogens with one attached hydrogen (secondary N) is 1. The quantitative estimate of drug-likeness (QED) is 0.622. The molecular weight excluding hydrogens is 160 g/mol. The van der Waals surface area contributed by atoms with Gasteiger partial charge < -0.3 is 5.73 Å². The Labute approximate surface area is 81.3 Å². The Balaban J connectivity index is 2.47. The Morgan fingerprint density at radius 1 is 1.54 bits per heavy atom. The fourth-order valence-electron chi connectivity index (χ4n) is 1.89. The molecule has 1 saturated carbocycles. The summed E-state index contributed by atoms with van der Waals surface area (Å²) >= 11 is 0. The van der Waals surface area contributed by atoms with E-state index in [1.54, 1.807) is 0 Å². The van der Waals surface area contributed by atoms with Crippen molar-refractivity contribution in [1.29, 1.82) is 0 Å². The maximum absolute atomic E-state index is 5.83. The third-order valence-electron chi connectivity index (χ3n) is 3.06. The lowest BCUT2D eigenvalue weighted by Crippen LogP contribution is -2.52. The lowest BCUT2D eigenvalue weighted by atomic mass is 9.90. The monoisotopic (exact) mass is 180 g/mol. The molecule has 2 heteroatoms. The number of nitrogens with two attached hydrogens (primary N) is 1.